The molecule has 26 heavy (non-hydrogen) atoms. The zero-order valence-electron chi connectivity index (χ0n) is 15.2. The molecule has 0 aromatic heterocycles. The summed E-state index contributed by atoms with van der Waals surface area (Å²) in [7, 11) is 0. The summed E-state index contributed by atoms with van der Waals surface area (Å²) in [5.74, 6) is 2.07. The minimum atomic E-state index is 0.133. The largest absolute Gasteiger partial charge is 0.355 e. The van der Waals surface area contributed by atoms with Gasteiger partial charge in [0.05, 0.1) is 0 Å². The van der Waals surface area contributed by atoms with Gasteiger partial charge in [-0.25, -0.2) is 0 Å². The molecular weight excluding hydrogens is 338 g/mol. The van der Waals surface area contributed by atoms with Crippen LogP contribution >= 0.6 is 11.8 Å². The monoisotopic (exact) mass is 363 g/mol. The first kappa shape index (κ1) is 18.5. The number of nitrogens with one attached hydrogen (secondary N) is 1. The van der Waals surface area contributed by atoms with Crippen molar-refractivity contribution in [3.05, 3.63) is 83.4 Å². The van der Waals surface area contributed by atoms with Gasteiger partial charge in [0.2, 0.25) is 5.91 Å². The van der Waals surface area contributed by atoms with Crippen molar-refractivity contribution < 1.29 is 4.79 Å². The quantitative estimate of drug-likeness (QED) is 0.562. The van der Waals surface area contributed by atoms with Crippen molar-refractivity contribution in [3.63, 3.8) is 0 Å². The number of rotatable bonds is 8. The predicted octanol–water partition coefficient (Wildman–Crippen LogP) is 5.13. The Bertz CT molecular complexity index is 869. The van der Waals surface area contributed by atoms with Gasteiger partial charge in [0.25, 0.3) is 0 Å². The molecule has 0 heterocycles. The van der Waals surface area contributed by atoms with Crippen LogP contribution in [0.4, 0.5) is 0 Å². The van der Waals surface area contributed by atoms with Crippen LogP contribution in [0.3, 0.4) is 0 Å². The number of fused-ring (bicyclic) bond motifs is 1. The number of amides is 1. The molecule has 0 unspecified atom stereocenters. The van der Waals surface area contributed by atoms with Crippen molar-refractivity contribution >= 4 is 28.4 Å². The minimum Gasteiger partial charge on any atom is -0.355 e. The molecule has 0 spiro atoms. The van der Waals surface area contributed by atoms with Crippen LogP contribution in [-0.4, -0.2) is 18.2 Å². The van der Waals surface area contributed by atoms with E-state index in [1.54, 1.807) is 0 Å². The topological polar surface area (TPSA) is 29.1 Å². The number of thioether (sulfide) groups is 1. The van der Waals surface area contributed by atoms with E-state index in [0.29, 0.717) is 6.42 Å². The van der Waals surface area contributed by atoms with Gasteiger partial charge in [0.1, 0.15) is 0 Å². The fourth-order valence-electron chi connectivity index (χ4n) is 3.10. The van der Waals surface area contributed by atoms with Crippen molar-refractivity contribution in [1.29, 1.82) is 0 Å². The van der Waals surface area contributed by atoms with Crippen LogP contribution in [0, 0.1) is 6.92 Å². The van der Waals surface area contributed by atoms with E-state index in [0.717, 1.165) is 24.5 Å². The second-order valence-corrected chi connectivity index (χ2v) is 7.64. The van der Waals surface area contributed by atoms with Crippen molar-refractivity contribution in [2.45, 2.75) is 25.5 Å². The van der Waals surface area contributed by atoms with Gasteiger partial charge in [0, 0.05) is 24.5 Å². The van der Waals surface area contributed by atoms with Gasteiger partial charge < -0.3 is 5.32 Å². The maximum absolute atomic E-state index is 12.1. The molecular formula is C23H25NOS. The van der Waals surface area contributed by atoms with Crippen LogP contribution in [-0.2, 0) is 17.0 Å². The molecule has 0 aliphatic heterocycles. The molecule has 0 fully saturated rings. The van der Waals surface area contributed by atoms with E-state index in [9.17, 15) is 4.79 Å². The number of hydrogen-bond acceptors (Lipinski definition) is 2. The molecule has 0 saturated carbocycles. The first-order chi connectivity index (χ1) is 12.7. The van der Waals surface area contributed by atoms with Gasteiger partial charge in [-0.05, 0) is 35.2 Å². The van der Waals surface area contributed by atoms with Gasteiger partial charge >= 0.3 is 0 Å². The summed E-state index contributed by atoms with van der Waals surface area (Å²) in [6, 6.07) is 23.2. The summed E-state index contributed by atoms with van der Waals surface area (Å²) < 4.78 is 0. The van der Waals surface area contributed by atoms with Gasteiger partial charge in [-0.2, -0.15) is 11.8 Å². The fourth-order valence-corrected chi connectivity index (χ4v) is 3.91. The molecule has 3 aromatic carbocycles. The molecule has 0 radical (unpaired) electrons. The Hall–Kier alpha value is -2.26. The number of aryl methyl sites for hydroxylation is 2. The third kappa shape index (κ3) is 5.37. The highest BCUT2D eigenvalue weighted by Gasteiger charge is 2.05. The van der Waals surface area contributed by atoms with Crippen molar-refractivity contribution in [1.82, 2.24) is 5.32 Å². The molecule has 3 heteroatoms. The van der Waals surface area contributed by atoms with Crippen LogP contribution < -0.4 is 5.32 Å². The molecule has 134 valence electrons. The summed E-state index contributed by atoms with van der Waals surface area (Å²) in [6.07, 6.45) is 1.32. The average Bonchev–Trinajstić information content (AvgIpc) is 2.66. The molecule has 3 rings (SSSR count). The summed E-state index contributed by atoms with van der Waals surface area (Å²) >= 11 is 1.86. The molecule has 1 N–H and O–H groups in total. The lowest BCUT2D eigenvalue weighted by molar-refractivity contribution is -0.120. The normalized spacial score (nSPS) is 10.8. The molecule has 0 saturated heterocycles. The van der Waals surface area contributed by atoms with Crippen molar-refractivity contribution in [2.24, 2.45) is 0 Å². The Balaban J connectivity index is 1.38. The standard InChI is InChI=1S/C23H25NOS/c1-18-6-4-7-19(16-18)17-26-15-14-24-23(25)13-12-21-10-5-9-20-8-2-3-11-22(20)21/h2-11,16H,12-15,17H2,1H3,(H,24,25). The summed E-state index contributed by atoms with van der Waals surface area (Å²) in [4.78, 5) is 12.1. The third-order valence-corrected chi connectivity index (χ3v) is 5.45. The maximum atomic E-state index is 12.1. The number of benzene rings is 3. The molecule has 0 aliphatic rings. The van der Waals surface area contributed by atoms with Gasteiger partial charge in [-0.3, -0.25) is 4.79 Å². The smallest absolute Gasteiger partial charge is 0.220 e. The minimum absolute atomic E-state index is 0.133. The van der Waals surface area contributed by atoms with Crippen LogP contribution in [0.5, 0.6) is 0 Å². The Morgan fingerprint density at radius 2 is 1.81 bits per heavy atom. The fraction of sp³-hybridized carbons (Fsp3) is 0.261. The first-order valence-corrected chi connectivity index (χ1v) is 10.2. The van der Waals surface area contributed by atoms with Crippen LogP contribution in [0.1, 0.15) is 23.1 Å². The van der Waals surface area contributed by atoms with E-state index in [2.05, 4.69) is 72.9 Å². The predicted molar refractivity (Wildman–Crippen MR) is 113 cm³/mol. The zero-order valence-corrected chi connectivity index (χ0v) is 16.0. The first-order valence-electron chi connectivity index (χ1n) is 9.09. The lowest BCUT2D eigenvalue weighted by atomic mass is 10.0. The summed E-state index contributed by atoms with van der Waals surface area (Å²) in [5.41, 5.74) is 3.88. The lowest BCUT2D eigenvalue weighted by Crippen LogP contribution is -2.25. The highest BCUT2D eigenvalue weighted by atomic mass is 32.2. The average molecular weight is 364 g/mol. The molecule has 2 nitrogen and oxygen atoms in total. The SMILES string of the molecule is Cc1cccc(CSCCNC(=O)CCc2cccc3ccccc23)c1. The summed E-state index contributed by atoms with van der Waals surface area (Å²) in [5, 5.41) is 5.52. The van der Waals surface area contributed by atoms with Gasteiger partial charge in [-0.1, -0.05) is 72.3 Å². The Morgan fingerprint density at radius 1 is 1.00 bits per heavy atom. The summed E-state index contributed by atoms with van der Waals surface area (Å²) in [6.45, 7) is 2.84. The molecule has 0 bridgehead atoms. The lowest BCUT2D eigenvalue weighted by Gasteiger charge is -2.08. The number of carbonyl (C=O) groups excluding carboxylic acids is 1. The van der Waals surface area contributed by atoms with E-state index in [4.69, 9.17) is 0 Å². The highest BCUT2D eigenvalue weighted by molar-refractivity contribution is 7.98. The van der Waals surface area contributed by atoms with Gasteiger partial charge in [-0.15, -0.1) is 0 Å². The molecule has 0 atom stereocenters. The zero-order chi connectivity index (χ0) is 18.2. The molecule has 3 aromatic rings. The second kappa shape index (κ2) is 9.44. The Morgan fingerprint density at radius 3 is 2.69 bits per heavy atom. The second-order valence-electron chi connectivity index (χ2n) is 6.53. The number of hydrogen-bond donors (Lipinski definition) is 1. The molecule has 0 aliphatic carbocycles. The van der Waals surface area contributed by atoms with E-state index in [1.807, 2.05) is 17.8 Å². The number of carbonyl (C=O) groups is 1. The molecule has 1 amide bonds. The third-order valence-electron chi connectivity index (χ3n) is 4.42. The van der Waals surface area contributed by atoms with Gasteiger partial charge in [0.15, 0.2) is 0 Å². The van der Waals surface area contributed by atoms with E-state index >= 15 is 0 Å². The highest BCUT2D eigenvalue weighted by Crippen LogP contribution is 2.19. The van der Waals surface area contributed by atoms with E-state index in [1.165, 1.54) is 27.5 Å². The van der Waals surface area contributed by atoms with Crippen LogP contribution in [0.2, 0.25) is 0 Å². The van der Waals surface area contributed by atoms with Crippen LogP contribution in [0.25, 0.3) is 10.8 Å². The van der Waals surface area contributed by atoms with Crippen molar-refractivity contribution in [3.8, 4) is 0 Å². The Kier molecular flexibility index (Phi) is 6.73. The maximum Gasteiger partial charge on any atom is 0.220 e. The Labute approximate surface area is 160 Å². The van der Waals surface area contributed by atoms with E-state index in [-0.39, 0.29) is 5.91 Å². The van der Waals surface area contributed by atoms with Crippen LogP contribution in [0.15, 0.2) is 66.7 Å². The van der Waals surface area contributed by atoms with E-state index < -0.39 is 0 Å². The van der Waals surface area contributed by atoms with Crippen molar-refractivity contribution in [2.75, 3.05) is 12.3 Å².